The summed E-state index contributed by atoms with van der Waals surface area (Å²) < 4.78 is 37.8. The first-order valence-corrected chi connectivity index (χ1v) is 11.0. The highest BCUT2D eigenvalue weighted by atomic mass is 32.2. The fourth-order valence-corrected chi connectivity index (χ4v) is 4.55. The monoisotopic (exact) mass is 435 g/mol. The van der Waals surface area contributed by atoms with Crippen LogP contribution in [0.4, 0.5) is 11.4 Å². The van der Waals surface area contributed by atoms with Crippen molar-refractivity contribution in [2.24, 2.45) is 0 Å². The van der Waals surface area contributed by atoms with Crippen LogP contribution in [0.5, 0.6) is 5.75 Å². The van der Waals surface area contributed by atoms with Gasteiger partial charge in [-0.15, -0.1) is 0 Å². The Kier molecular flexibility index (Phi) is 6.91. The summed E-state index contributed by atoms with van der Waals surface area (Å²) in [6, 6.07) is 11.6. The van der Waals surface area contributed by atoms with Crippen molar-refractivity contribution in [2.75, 3.05) is 51.4 Å². The summed E-state index contributed by atoms with van der Waals surface area (Å²) in [7, 11) is -2.11. The SMILES string of the molecule is Cc1ccc(OCCN(C)c2ccc(S(=O)(=O)N3CCOCC3)cc2[N+](=O)[O-])cc1. The molecule has 1 aliphatic rings. The molecule has 162 valence electrons. The molecule has 10 heteroatoms. The molecule has 1 saturated heterocycles. The number of anilines is 1. The smallest absolute Gasteiger partial charge is 0.293 e. The zero-order chi connectivity index (χ0) is 21.7. The largest absolute Gasteiger partial charge is 0.492 e. The minimum Gasteiger partial charge on any atom is -0.492 e. The van der Waals surface area contributed by atoms with Crippen molar-refractivity contribution in [3.05, 3.63) is 58.1 Å². The van der Waals surface area contributed by atoms with E-state index in [4.69, 9.17) is 9.47 Å². The Morgan fingerprint density at radius 3 is 2.47 bits per heavy atom. The standard InChI is InChI=1S/C20H25N3O6S/c1-16-3-5-17(6-4-16)29-14-9-21(2)19-8-7-18(15-20(19)23(24)25)30(26,27)22-10-12-28-13-11-22/h3-8,15H,9-14H2,1-2H3. The number of aryl methyl sites for hydroxylation is 1. The summed E-state index contributed by atoms with van der Waals surface area (Å²) in [5, 5.41) is 11.6. The molecule has 0 aliphatic carbocycles. The van der Waals surface area contributed by atoms with Crippen molar-refractivity contribution < 1.29 is 22.8 Å². The maximum Gasteiger partial charge on any atom is 0.293 e. The number of hydrogen-bond donors (Lipinski definition) is 0. The van der Waals surface area contributed by atoms with Gasteiger partial charge < -0.3 is 14.4 Å². The van der Waals surface area contributed by atoms with Crippen LogP contribution < -0.4 is 9.64 Å². The molecule has 0 atom stereocenters. The summed E-state index contributed by atoms with van der Waals surface area (Å²) in [5.41, 5.74) is 1.19. The molecular formula is C20H25N3O6S. The molecule has 2 aromatic rings. The van der Waals surface area contributed by atoms with Crippen LogP contribution in [0, 0.1) is 17.0 Å². The van der Waals surface area contributed by atoms with Crippen LogP contribution in [0.1, 0.15) is 5.56 Å². The molecule has 30 heavy (non-hydrogen) atoms. The topological polar surface area (TPSA) is 102 Å². The number of nitro groups is 1. The summed E-state index contributed by atoms with van der Waals surface area (Å²) in [6.45, 7) is 3.78. The Morgan fingerprint density at radius 1 is 1.17 bits per heavy atom. The molecule has 2 aromatic carbocycles. The maximum atomic E-state index is 12.8. The molecular weight excluding hydrogens is 410 g/mol. The second-order valence-corrected chi connectivity index (χ2v) is 8.95. The number of benzene rings is 2. The van der Waals surface area contributed by atoms with Gasteiger partial charge in [-0.2, -0.15) is 4.31 Å². The molecule has 1 heterocycles. The van der Waals surface area contributed by atoms with E-state index in [0.717, 1.165) is 17.4 Å². The summed E-state index contributed by atoms with van der Waals surface area (Å²) >= 11 is 0. The van der Waals surface area contributed by atoms with Crippen LogP contribution in [0.25, 0.3) is 0 Å². The lowest BCUT2D eigenvalue weighted by molar-refractivity contribution is -0.384. The Hall–Kier alpha value is -2.69. The van der Waals surface area contributed by atoms with Gasteiger partial charge in [0.2, 0.25) is 10.0 Å². The highest BCUT2D eigenvalue weighted by Gasteiger charge is 2.29. The van der Waals surface area contributed by atoms with Crippen LogP contribution >= 0.6 is 0 Å². The molecule has 0 radical (unpaired) electrons. The quantitative estimate of drug-likeness (QED) is 0.463. The molecule has 3 rings (SSSR count). The van der Waals surface area contributed by atoms with E-state index in [9.17, 15) is 18.5 Å². The summed E-state index contributed by atoms with van der Waals surface area (Å²) in [6.07, 6.45) is 0. The minimum absolute atomic E-state index is 0.0934. The highest BCUT2D eigenvalue weighted by molar-refractivity contribution is 7.89. The zero-order valence-corrected chi connectivity index (χ0v) is 17.8. The van der Waals surface area contributed by atoms with Gasteiger partial charge in [-0.05, 0) is 31.2 Å². The van der Waals surface area contributed by atoms with Crippen LogP contribution in [0.15, 0.2) is 47.4 Å². The number of ether oxygens (including phenoxy) is 2. The number of likely N-dealkylation sites (N-methyl/N-ethyl adjacent to an activating group) is 1. The predicted octanol–water partition coefficient (Wildman–Crippen LogP) is 2.44. The fourth-order valence-electron chi connectivity index (χ4n) is 3.12. The van der Waals surface area contributed by atoms with Crippen molar-refractivity contribution in [2.45, 2.75) is 11.8 Å². The lowest BCUT2D eigenvalue weighted by Crippen LogP contribution is -2.40. The van der Waals surface area contributed by atoms with Crippen LogP contribution in [-0.4, -0.2) is 64.1 Å². The molecule has 0 saturated carbocycles. The van der Waals surface area contributed by atoms with Crippen molar-refractivity contribution in [1.29, 1.82) is 0 Å². The van der Waals surface area contributed by atoms with Gasteiger partial charge in [-0.25, -0.2) is 8.42 Å². The molecule has 0 unspecified atom stereocenters. The highest BCUT2D eigenvalue weighted by Crippen LogP contribution is 2.31. The van der Waals surface area contributed by atoms with Gasteiger partial charge in [0.1, 0.15) is 18.0 Å². The van der Waals surface area contributed by atoms with Crippen LogP contribution in [0.3, 0.4) is 0 Å². The number of sulfonamides is 1. The minimum atomic E-state index is -3.81. The van der Waals surface area contributed by atoms with E-state index in [-0.39, 0.29) is 23.7 Å². The number of hydrogen-bond acceptors (Lipinski definition) is 7. The molecule has 9 nitrogen and oxygen atoms in total. The molecule has 1 fully saturated rings. The van der Waals surface area contributed by atoms with Gasteiger partial charge in [0, 0.05) is 26.2 Å². The average molecular weight is 436 g/mol. The molecule has 0 amide bonds. The third kappa shape index (κ3) is 5.07. The Bertz CT molecular complexity index is 988. The van der Waals surface area contributed by atoms with E-state index in [1.54, 1.807) is 11.9 Å². The van der Waals surface area contributed by atoms with Gasteiger partial charge >= 0.3 is 0 Å². The van der Waals surface area contributed by atoms with E-state index < -0.39 is 14.9 Å². The van der Waals surface area contributed by atoms with Gasteiger partial charge in [-0.1, -0.05) is 17.7 Å². The van der Waals surface area contributed by atoms with Crippen molar-refractivity contribution in [3.8, 4) is 5.75 Å². The van der Waals surface area contributed by atoms with Crippen molar-refractivity contribution in [3.63, 3.8) is 0 Å². The Morgan fingerprint density at radius 2 is 1.83 bits per heavy atom. The van der Waals surface area contributed by atoms with E-state index in [0.29, 0.717) is 32.1 Å². The number of nitrogens with zero attached hydrogens (tertiary/aromatic N) is 3. The zero-order valence-electron chi connectivity index (χ0n) is 17.0. The van der Waals surface area contributed by atoms with Gasteiger partial charge in [0.15, 0.2) is 0 Å². The van der Waals surface area contributed by atoms with E-state index in [1.165, 1.54) is 16.4 Å². The molecule has 1 aliphatic heterocycles. The average Bonchev–Trinajstić information content (AvgIpc) is 2.75. The third-order valence-corrected chi connectivity index (χ3v) is 6.77. The summed E-state index contributed by atoms with van der Waals surface area (Å²) in [5.74, 6) is 0.718. The Balaban J connectivity index is 1.74. The number of morpholine rings is 1. The van der Waals surface area contributed by atoms with Crippen molar-refractivity contribution in [1.82, 2.24) is 4.31 Å². The molecule has 0 N–H and O–H groups in total. The molecule has 0 aromatic heterocycles. The van der Waals surface area contributed by atoms with Crippen LogP contribution in [-0.2, 0) is 14.8 Å². The lowest BCUT2D eigenvalue weighted by atomic mass is 10.2. The van der Waals surface area contributed by atoms with Crippen molar-refractivity contribution >= 4 is 21.4 Å². The second-order valence-electron chi connectivity index (χ2n) is 7.01. The third-order valence-electron chi connectivity index (χ3n) is 4.88. The number of nitro benzene ring substituents is 1. The van der Waals surface area contributed by atoms with Gasteiger partial charge in [0.05, 0.1) is 29.6 Å². The van der Waals surface area contributed by atoms with E-state index in [1.807, 2.05) is 31.2 Å². The number of rotatable bonds is 8. The van der Waals surface area contributed by atoms with E-state index in [2.05, 4.69) is 0 Å². The lowest BCUT2D eigenvalue weighted by Gasteiger charge is -2.26. The predicted molar refractivity (Wildman–Crippen MR) is 113 cm³/mol. The van der Waals surface area contributed by atoms with Gasteiger partial charge in [0.25, 0.3) is 5.69 Å². The maximum absolute atomic E-state index is 12.8. The normalized spacial score (nSPS) is 15.0. The second kappa shape index (κ2) is 9.41. The van der Waals surface area contributed by atoms with Gasteiger partial charge in [-0.3, -0.25) is 10.1 Å². The molecule has 0 bridgehead atoms. The van der Waals surface area contributed by atoms with E-state index >= 15 is 0 Å². The summed E-state index contributed by atoms with van der Waals surface area (Å²) in [4.78, 5) is 12.6. The van der Waals surface area contributed by atoms with Crippen LogP contribution in [0.2, 0.25) is 0 Å². The first-order valence-electron chi connectivity index (χ1n) is 9.56. The first kappa shape index (κ1) is 22.0. The Labute approximate surface area is 176 Å². The first-order chi connectivity index (χ1) is 14.3. The molecule has 0 spiro atoms. The fraction of sp³-hybridized carbons (Fsp3) is 0.400.